The zero-order valence-corrected chi connectivity index (χ0v) is 19.7. The lowest BCUT2D eigenvalue weighted by molar-refractivity contribution is -0.141. The molecule has 5 heteroatoms. The van der Waals surface area contributed by atoms with Gasteiger partial charge in [0, 0.05) is 25.4 Å². The Hall–Kier alpha value is -1.59. The molecule has 0 bridgehead atoms. The molecule has 1 aromatic carbocycles. The lowest BCUT2D eigenvalue weighted by Crippen LogP contribution is -2.44. The Morgan fingerprint density at radius 2 is 2.00 bits per heavy atom. The number of carbonyl (C=O) groups is 1. The van der Waals surface area contributed by atoms with Crippen LogP contribution in [0.2, 0.25) is 0 Å². The van der Waals surface area contributed by atoms with E-state index in [0.29, 0.717) is 25.6 Å². The van der Waals surface area contributed by atoms with Gasteiger partial charge in [0.15, 0.2) is 0 Å². The summed E-state index contributed by atoms with van der Waals surface area (Å²) in [6, 6.07) is 7.64. The highest BCUT2D eigenvalue weighted by Gasteiger charge is 2.34. The van der Waals surface area contributed by atoms with E-state index < -0.39 is 5.60 Å². The highest BCUT2D eigenvalue weighted by atomic mass is 16.5. The molecule has 2 atom stereocenters. The van der Waals surface area contributed by atoms with E-state index in [0.717, 1.165) is 36.7 Å². The van der Waals surface area contributed by atoms with Crippen molar-refractivity contribution in [1.82, 2.24) is 4.90 Å². The molecular weight excluding hydrogens is 376 g/mol. The van der Waals surface area contributed by atoms with Crippen LogP contribution >= 0.6 is 0 Å². The molecule has 0 aliphatic carbocycles. The van der Waals surface area contributed by atoms with E-state index in [9.17, 15) is 4.79 Å². The van der Waals surface area contributed by atoms with Crippen molar-refractivity contribution in [2.75, 3.05) is 38.2 Å². The predicted octanol–water partition coefficient (Wildman–Crippen LogP) is 5.36. The highest BCUT2D eigenvalue weighted by molar-refractivity contribution is 5.97. The van der Waals surface area contributed by atoms with Crippen molar-refractivity contribution in [3.05, 3.63) is 24.3 Å². The predicted molar refractivity (Wildman–Crippen MR) is 124 cm³/mol. The second-order valence-electron chi connectivity index (χ2n) is 9.41. The molecule has 170 valence electrons. The second kappa shape index (κ2) is 12.3. The van der Waals surface area contributed by atoms with Crippen LogP contribution in [0.4, 0.5) is 5.69 Å². The smallest absolute Gasteiger partial charge is 0.256 e. The number of anilines is 1. The third-order valence-electron chi connectivity index (χ3n) is 5.64. The van der Waals surface area contributed by atoms with Crippen molar-refractivity contribution < 1.29 is 14.3 Å². The molecule has 1 N–H and O–H groups in total. The van der Waals surface area contributed by atoms with E-state index in [2.05, 4.69) is 37.9 Å². The van der Waals surface area contributed by atoms with Crippen LogP contribution in [0.25, 0.3) is 0 Å². The van der Waals surface area contributed by atoms with Gasteiger partial charge in [-0.05, 0) is 81.7 Å². The van der Waals surface area contributed by atoms with Crippen LogP contribution in [0.3, 0.4) is 0 Å². The fraction of sp³-hybridized carbons (Fsp3) is 0.720. The molecule has 1 heterocycles. The van der Waals surface area contributed by atoms with Crippen LogP contribution in [-0.4, -0.2) is 49.3 Å². The number of carbonyl (C=O) groups excluding carboxylic acids is 1. The van der Waals surface area contributed by atoms with E-state index in [1.807, 2.05) is 31.2 Å². The summed E-state index contributed by atoms with van der Waals surface area (Å²) >= 11 is 0. The summed E-state index contributed by atoms with van der Waals surface area (Å²) in [5.41, 5.74) is -0.0459. The lowest BCUT2D eigenvalue weighted by Gasteiger charge is -2.30. The van der Waals surface area contributed by atoms with Gasteiger partial charge < -0.3 is 19.7 Å². The van der Waals surface area contributed by atoms with Crippen LogP contribution in [-0.2, 0) is 9.53 Å². The standard InChI is InChI=1S/C25H42N2O3/c1-6-16-30-25(5,18-20(2)3)24(28)26-22-10-12-23(13-11-22)29-17-8-15-27-14-7-9-21(4)19-27/h10-13,20-21H,6-9,14-19H2,1-5H3,(H,26,28)/t21-,25-/m0/s1. The van der Waals surface area contributed by atoms with Gasteiger partial charge in [-0.2, -0.15) is 0 Å². The molecule has 30 heavy (non-hydrogen) atoms. The Kier molecular flexibility index (Phi) is 10.1. The number of benzene rings is 1. The zero-order valence-electron chi connectivity index (χ0n) is 19.7. The zero-order chi connectivity index (χ0) is 22.0. The van der Waals surface area contributed by atoms with E-state index in [1.54, 1.807) is 0 Å². The third-order valence-corrected chi connectivity index (χ3v) is 5.64. The monoisotopic (exact) mass is 418 g/mol. The SMILES string of the molecule is CCCO[C@@](C)(CC(C)C)C(=O)Nc1ccc(OCCCN2CCC[C@H](C)C2)cc1. The molecule has 2 rings (SSSR count). The number of piperidine rings is 1. The second-order valence-corrected chi connectivity index (χ2v) is 9.41. The first kappa shape index (κ1) is 24.7. The Morgan fingerprint density at radius 3 is 2.63 bits per heavy atom. The van der Waals surface area contributed by atoms with Gasteiger partial charge in [-0.3, -0.25) is 4.79 Å². The Balaban J connectivity index is 1.79. The molecule has 0 saturated carbocycles. The Labute approximate surface area is 183 Å². The lowest BCUT2D eigenvalue weighted by atomic mass is 9.93. The molecule has 1 aromatic rings. The number of rotatable bonds is 12. The summed E-state index contributed by atoms with van der Waals surface area (Å²) in [7, 11) is 0. The van der Waals surface area contributed by atoms with E-state index in [4.69, 9.17) is 9.47 Å². The molecule has 0 aromatic heterocycles. The minimum absolute atomic E-state index is 0.0888. The molecule has 0 spiro atoms. The molecule has 5 nitrogen and oxygen atoms in total. The van der Waals surface area contributed by atoms with Gasteiger partial charge in [0.1, 0.15) is 11.4 Å². The number of nitrogens with one attached hydrogen (secondary N) is 1. The quantitative estimate of drug-likeness (QED) is 0.465. The summed E-state index contributed by atoms with van der Waals surface area (Å²) in [6.07, 6.45) is 5.29. The van der Waals surface area contributed by atoms with Crippen LogP contribution < -0.4 is 10.1 Å². The number of hydrogen-bond acceptors (Lipinski definition) is 4. The minimum atomic E-state index is -0.814. The van der Waals surface area contributed by atoms with Crippen LogP contribution in [0.15, 0.2) is 24.3 Å². The first-order chi connectivity index (χ1) is 14.3. The number of nitrogens with zero attached hydrogens (tertiary/aromatic N) is 1. The number of likely N-dealkylation sites (tertiary alicyclic amines) is 1. The summed E-state index contributed by atoms with van der Waals surface area (Å²) in [5, 5.41) is 3.01. The number of ether oxygens (including phenoxy) is 2. The van der Waals surface area contributed by atoms with E-state index in [1.165, 1.54) is 25.9 Å². The van der Waals surface area contributed by atoms with Crippen molar-refractivity contribution >= 4 is 11.6 Å². The van der Waals surface area contributed by atoms with Crippen LogP contribution in [0.5, 0.6) is 5.75 Å². The molecule has 1 aliphatic heterocycles. The van der Waals surface area contributed by atoms with Gasteiger partial charge in [-0.15, -0.1) is 0 Å². The highest BCUT2D eigenvalue weighted by Crippen LogP contribution is 2.25. The first-order valence-corrected chi connectivity index (χ1v) is 11.7. The maximum atomic E-state index is 12.9. The van der Waals surface area contributed by atoms with Crippen molar-refractivity contribution in [2.45, 2.75) is 72.3 Å². The summed E-state index contributed by atoms with van der Waals surface area (Å²) in [5.74, 6) is 1.94. The first-order valence-electron chi connectivity index (χ1n) is 11.7. The summed E-state index contributed by atoms with van der Waals surface area (Å²) in [4.78, 5) is 15.4. The van der Waals surface area contributed by atoms with Gasteiger partial charge in [0.05, 0.1) is 6.61 Å². The van der Waals surface area contributed by atoms with E-state index >= 15 is 0 Å². The van der Waals surface area contributed by atoms with Crippen molar-refractivity contribution in [1.29, 1.82) is 0 Å². The van der Waals surface area contributed by atoms with Crippen LogP contribution in [0, 0.1) is 11.8 Å². The minimum Gasteiger partial charge on any atom is -0.494 e. The molecular formula is C25H42N2O3. The molecule has 0 radical (unpaired) electrons. The van der Waals surface area contributed by atoms with Crippen LogP contribution in [0.1, 0.15) is 66.7 Å². The normalized spacial score (nSPS) is 19.5. The van der Waals surface area contributed by atoms with E-state index in [-0.39, 0.29) is 5.91 Å². The largest absolute Gasteiger partial charge is 0.494 e. The van der Waals surface area contributed by atoms with Gasteiger partial charge >= 0.3 is 0 Å². The topological polar surface area (TPSA) is 50.8 Å². The van der Waals surface area contributed by atoms with Crippen molar-refractivity contribution in [2.24, 2.45) is 11.8 Å². The van der Waals surface area contributed by atoms with Crippen molar-refractivity contribution in [3.63, 3.8) is 0 Å². The fourth-order valence-electron chi connectivity index (χ4n) is 4.19. The average molecular weight is 419 g/mol. The number of amides is 1. The third kappa shape index (κ3) is 8.27. The van der Waals surface area contributed by atoms with Gasteiger partial charge in [-0.1, -0.05) is 27.7 Å². The maximum absolute atomic E-state index is 12.9. The molecule has 1 saturated heterocycles. The molecule has 1 aliphatic rings. The summed E-state index contributed by atoms with van der Waals surface area (Å²) in [6.45, 7) is 15.3. The van der Waals surface area contributed by atoms with Gasteiger partial charge in [0.25, 0.3) is 5.91 Å². The molecule has 1 fully saturated rings. The average Bonchev–Trinajstić information content (AvgIpc) is 2.70. The van der Waals surface area contributed by atoms with Crippen molar-refractivity contribution in [3.8, 4) is 5.75 Å². The number of hydrogen-bond donors (Lipinski definition) is 1. The maximum Gasteiger partial charge on any atom is 0.256 e. The summed E-state index contributed by atoms with van der Waals surface area (Å²) < 4.78 is 11.8. The fourth-order valence-corrected chi connectivity index (χ4v) is 4.19. The molecule has 1 amide bonds. The molecule has 0 unspecified atom stereocenters. The van der Waals surface area contributed by atoms with Gasteiger partial charge in [0.2, 0.25) is 0 Å². The Bertz CT molecular complexity index is 632. The van der Waals surface area contributed by atoms with Gasteiger partial charge in [-0.25, -0.2) is 0 Å². The Morgan fingerprint density at radius 1 is 1.27 bits per heavy atom.